The molecule has 0 amide bonds. The van der Waals surface area contributed by atoms with E-state index < -0.39 is 0 Å². The summed E-state index contributed by atoms with van der Waals surface area (Å²) < 4.78 is 5.72. The van der Waals surface area contributed by atoms with Gasteiger partial charge in [0.25, 0.3) is 0 Å². The zero-order valence-electron chi connectivity index (χ0n) is 10.4. The van der Waals surface area contributed by atoms with E-state index in [2.05, 4.69) is 13.0 Å². The number of hydrogen-bond acceptors (Lipinski definition) is 3. The van der Waals surface area contributed by atoms with Crippen molar-refractivity contribution in [3.63, 3.8) is 0 Å². The van der Waals surface area contributed by atoms with Gasteiger partial charge >= 0.3 is 0 Å². The first-order valence-corrected chi connectivity index (χ1v) is 6.13. The maximum absolute atomic E-state index is 8.42. The van der Waals surface area contributed by atoms with E-state index in [-0.39, 0.29) is 6.04 Å². The van der Waals surface area contributed by atoms with E-state index in [4.69, 9.17) is 15.7 Å². The van der Waals surface area contributed by atoms with Crippen LogP contribution in [0.2, 0.25) is 0 Å². The Bertz CT molecular complexity index is 371. The van der Waals surface area contributed by atoms with Crippen molar-refractivity contribution < 1.29 is 4.74 Å². The topological polar surface area (TPSA) is 59.0 Å². The summed E-state index contributed by atoms with van der Waals surface area (Å²) in [4.78, 5) is 0. The number of para-hydroxylation sites is 1. The van der Waals surface area contributed by atoms with E-state index >= 15 is 0 Å². The lowest BCUT2D eigenvalue weighted by Crippen LogP contribution is -2.11. The largest absolute Gasteiger partial charge is 0.493 e. The third kappa shape index (κ3) is 4.46. The van der Waals surface area contributed by atoms with Crippen LogP contribution in [-0.4, -0.2) is 6.61 Å². The summed E-state index contributed by atoms with van der Waals surface area (Å²) in [5.41, 5.74) is 7.09. The fraction of sp³-hybridized carbons (Fsp3) is 0.500. The van der Waals surface area contributed by atoms with Gasteiger partial charge in [-0.05, 0) is 25.3 Å². The summed E-state index contributed by atoms with van der Waals surface area (Å²) in [6, 6.07) is 10.1. The molecule has 1 atom stereocenters. The molecule has 1 aromatic rings. The Labute approximate surface area is 103 Å². The van der Waals surface area contributed by atoms with Crippen LogP contribution in [0, 0.1) is 11.3 Å². The highest BCUT2D eigenvalue weighted by atomic mass is 16.5. The second-order valence-corrected chi connectivity index (χ2v) is 4.02. The van der Waals surface area contributed by atoms with Crippen molar-refractivity contribution in [2.45, 2.75) is 38.6 Å². The molecule has 3 heteroatoms. The van der Waals surface area contributed by atoms with Crippen LogP contribution in [0.15, 0.2) is 24.3 Å². The number of nitrogens with zero attached hydrogens (tertiary/aromatic N) is 1. The molecule has 0 saturated heterocycles. The average Bonchev–Trinajstić information content (AvgIpc) is 2.38. The molecule has 0 bridgehead atoms. The van der Waals surface area contributed by atoms with Gasteiger partial charge in [-0.3, -0.25) is 0 Å². The summed E-state index contributed by atoms with van der Waals surface area (Å²) in [5, 5.41) is 8.42. The van der Waals surface area contributed by atoms with Crippen molar-refractivity contribution in [3.8, 4) is 11.8 Å². The minimum atomic E-state index is 0.0327. The van der Waals surface area contributed by atoms with Gasteiger partial charge in [0.1, 0.15) is 5.75 Å². The fourth-order valence-electron chi connectivity index (χ4n) is 1.63. The Morgan fingerprint density at radius 1 is 1.35 bits per heavy atom. The number of nitriles is 1. The Kier molecular flexibility index (Phi) is 6.13. The highest BCUT2D eigenvalue weighted by Gasteiger charge is 2.09. The lowest BCUT2D eigenvalue weighted by atomic mass is 10.0. The molecule has 1 aromatic carbocycles. The molecule has 0 fully saturated rings. The molecule has 92 valence electrons. The fourth-order valence-corrected chi connectivity index (χ4v) is 1.63. The summed E-state index contributed by atoms with van der Waals surface area (Å²) in [7, 11) is 0. The van der Waals surface area contributed by atoms with Crippen LogP contribution < -0.4 is 10.5 Å². The zero-order chi connectivity index (χ0) is 12.5. The number of rotatable bonds is 7. The Morgan fingerprint density at radius 2 is 2.12 bits per heavy atom. The molecule has 3 nitrogen and oxygen atoms in total. The van der Waals surface area contributed by atoms with Gasteiger partial charge in [0.2, 0.25) is 0 Å². The first-order valence-electron chi connectivity index (χ1n) is 6.13. The van der Waals surface area contributed by atoms with Crippen LogP contribution in [0.25, 0.3) is 0 Å². The number of benzene rings is 1. The SMILES string of the molecule is CCC(N)c1ccccc1OCCCCC#N. The van der Waals surface area contributed by atoms with Crippen LogP contribution in [0.5, 0.6) is 5.75 Å². The van der Waals surface area contributed by atoms with Gasteiger partial charge in [-0.2, -0.15) is 5.26 Å². The van der Waals surface area contributed by atoms with Gasteiger partial charge in [0.05, 0.1) is 12.7 Å². The standard InChI is InChI=1S/C14H20N2O/c1-2-13(16)12-8-4-5-9-14(12)17-11-7-3-6-10-15/h4-5,8-9,13H,2-3,6-7,11,16H2,1H3. The van der Waals surface area contributed by atoms with E-state index in [1.807, 2.05) is 24.3 Å². The molecular weight excluding hydrogens is 212 g/mol. The van der Waals surface area contributed by atoms with E-state index in [0.717, 1.165) is 30.6 Å². The summed E-state index contributed by atoms with van der Waals surface area (Å²) >= 11 is 0. The van der Waals surface area contributed by atoms with Gasteiger partial charge in [0, 0.05) is 18.0 Å². The number of hydrogen-bond donors (Lipinski definition) is 1. The Morgan fingerprint density at radius 3 is 2.82 bits per heavy atom. The lowest BCUT2D eigenvalue weighted by molar-refractivity contribution is 0.302. The van der Waals surface area contributed by atoms with Crippen molar-refractivity contribution in [3.05, 3.63) is 29.8 Å². The van der Waals surface area contributed by atoms with Crippen LogP contribution in [0.4, 0.5) is 0 Å². The maximum atomic E-state index is 8.42. The minimum absolute atomic E-state index is 0.0327. The predicted octanol–water partition coefficient (Wildman–Crippen LogP) is 3.17. The number of ether oxygens (including phenoxy) is 1. The van der Waals surface area contributed by atoms with E-state index in [0.29, 0.717) is 13.0 Å². The molecule has 1 unspecified atom stereocenters. The third-order valence-corrected chi connectivity index (χ3v) is 2.70. The van der Waals surface area contributed by atoms with Crippen LogP contribution in [0.1, 0.15) is 44.2 Å². The van der Waals surface area contributed by atoms with E-state index in [1.165, 1.54) is 0 Å². The molecule has 0 aliphatic rings. The molecule has 0 saturated carbocycles. The van der Waals surface area contributed by atoms with Crippen LogP contribution >= 0.6 is 0 Å². The molecule has 17 heavy (non-hydrogen) atoms. The smallest absolute Gasteiger partial charge is 0.124 e. The third-order valence-electron chi connectivity index (χ3n) is 2.70. The molecule has 0 aliphatic heterocycles. The number of nitrogens with two attached hydrogens (primary N) is 1. The average molecular weight is 232 g/mol. The summed E-state index contributed by atoms with van der Waals surface area (Å²) in [5.74, 6) is 0.874. The van der Waals surface area contributed by atoms with Gasteiger partial charge in [-0.25, -0.2) is 0 Å². The highest BCUT2D eigenvalue weighted by molar-refractivity contribution is 5.35. The first-order chi connectivity index (χ1) is 8.29. The van der Waals surface area contributed by atoms with Gasteiger partial charge in [0.15, 0.2) is 0 Å². The molecule has 1 rings (SSSR count). The van der Waals surface area contributed by atoms with Crippen molar-refractivity contribution in [1.82, 2.24) is 0 Å². The van der Waals surface area contributed by atoms with Crippen molar-refractivity contribution in [2.75, 3.05) is 6.61 Å². The predicted molar refractivity (Wildman–Crippen MR) is 68.6 cm³/mol. The van der Waals surface area contributed by atoms with E-state index in [1.54, 1.807) is 0 Å². The monoisotopic (exact) mass is 232 g/mol. The van der Waals surface area contributed by atoms with Crippen molar-refractivity contribution in [1.29, 1.82) is 5.26 Å². The Hall–Kier alpha value is -1.53. The molecule has 0 radical (unpaired) electrons. The molecule has 0 spiro atoms. The minimum Gasteiger partial charge on any atom is -0.493 e. The maximum Gasteiger partial charge on any atom is 0.124 e. The van der Waals surface area contributed by atoms with Gasteiger partial charge in [-0.15, -0.1) is 0 Å². The molecule has 2 N–H and O–H groups in total. The number of unbranched alkanes of at least 4 members (excludes halogenated alkanes) is 2. The molecule has 0 aliphatic carbocycles. The van der Waals surface area contributed by atoms with Crippen LogP contribution in [-0.2, 0) is 0 Å². The van der Waals surface area contributed by atoms with Crippen LogP contribution in [0.3, 0.4) is 0 Å². The first kappa shape index (κ1) is 13.5. The molecule has 0 aromatic heterocycles. The summed E-state index contributed by atoms with van der Waals surface area (Å²) in [6.07, 6.45) is 3.29. The lowest BCUT2D eigenvalue weighted by Gasteiger charge is -2.15. The Balaban J connectivity index is 2.50. The highest BCUT2D eigenvalue weighted by Crippen LogP contribution is 2.25. The zero-order valence-corrected chi connectivity index (χ0v) is 10.4. The quantitative estimate of drug-likeness (QED) is 0.734. The second-order valence-electron chi connectivity index (χ2n) is 4.02. The van der Waals surface area contributed by atoms with Crippen molar-refractivity contribution in [2.24, 2.45) is 5.73 Å². The molecule has 0 heterocycles. The molecular formula is C14H20N2O. The second kappa shape index (κ2) is 7.70. The summed E-state index contributed by atoms with van der Waals surface area (Å²) in [6.45, 7) is 2.71. The van der Waals surface area contributed by atoms with E-state index in [9.17, 15) is 0 Å². The van der Waals surface area contributed by atoms with Gasteiger partial charge < -0.3 is 10.5 Å². The van der Waals surface area contributed by atoms with Gasteiger partial charge in [-0.1, -0.05) is 25.1 Å². The normalized spacial score (nSPS) is 11.8. The van der Waals surface area contributed by atoms with Crippen molar-refractivity contribution >= 4 is 0 Å².